The first-order valence-corrected chi connectivity index (χ1v) is 5.45. The average molecular weight is 220 g/mol. The molecule has 2 rings (SSSR count). The summed E-state index contributed by atoms with van der Waals surface area (Å²) in [7, 11) is 1.38. The van der Waals surface area contributed by atoms with E-state index in [1.54, 1.807) is 6.07 Å². The van der Waals surface area contributed by atoms with Crippen molar-refractivity contribution in [2.75, 3.05) is 19.0 Å². The summed E-state index contributed by atoms with van der Waals surface area (Å²) in [6.07, 6.45) is 2.16. The van der Waals surface area contributed by atoms with Gasteiger partial charge in [-0.3, -0.25) is 0 Å². The molecule has 4 heteroatoms. The molecule has 1 aromatic carbocycles. The molecule has 0 atom stereocenters. The molecule has 0 aliphatic carbocycles. The second kappa shape index (κ2) is 4.53. The molecule has 0 saturated carbocycles. The number of methoxy groups -OCH3 is 1. The fourth-order valence-corrected chi connectivity index (χ4v) is 2.13. The predicted octanol–water partition coefficient (Wildman–Crippen LogP) is 1.29. The minimum absolute atomic E-state index is 0.323. The zero-order valence-corrected chi connectivity index (χ0v) is 9.38. The monoisotopic (exact) mass is 220 g/mol. The molecule has 0 spiro atoms. The summed E-state index contributed by atoms with van der Waals surface area (Å²) < 4.78 is 4.75. The third-order valence-electron chi connectivity index (χ3n) is 2.93. The van der Waals surface area contributed by atoms with Crippen LogP contribution in [0.15, 0.2) is 12.1 Å². The highest BCUT2D eigenvalue weighted by atomic mass is 16.5. The number of hydrogen-bond donors (Lipinski definition) is 2. The highest BCUT2D eigenvalue weighted by Gasteiger charge is 2.19. The Morgan fingerprint density at radius 3 is 3.06 bits per heavy atom. The van der Waals surface area contributed by atoms with Gasteiger partial charge in [0.2, 0.25) is 0 Å². The van der Waals surface area contributed by atoms with E-state index in [9.17, 15) is 4.79 Å². The normalized spacial score (nSPS) is 13.9. The molecule has 0 aromatic heterocycles. The maximum absolute atomic E-state index is 11.6. The van der Waals surface area contributed by atoms with E-state index in [0.717, 1.165) is 30.6 Å². The van der Waals surface area contributed by atoms with Crippen molar-refractivity contribution in [3.05, 3.63) is 28.8 Å². The summed E-state index contributed by atoms with van der Waals surface area (Å²) in [5.74, 6) is -0.323. The molecule has 0 bridgehead atoms. The second-order valence-corrected chi connectivity index (χ2v) is 3.85. The van der Waals surface area contributed by atoms with Gasteiger partial charge in [-0.05, 0) is 24.5 Å². The van der Waals surface area contributed by atoms with E-state index in [2.05, 4.69) is 5.32 Å². The van der Waals surface area contributed by atoms with Gasteiger partial charge < -0.3 is 15.8 Å². The molecular formula is C12H16N2O2. The number of hydrogen-bond acceptors (Lipinski definition) is 4. The van der Waals surface area contributed by atoms with Crippen LogP contribution in [0.3, 0.4) is 0 Å². The van der Waals surface area contributed by atoms with Crippen molar-refractivity contribution in [3.8, 4) is 0 Å². The topological polar surface area (TPSA) is 64.3 Å². The Balaban J connectivity index is 2.51. The van der Waals surface area contributed by atoms with E-state index in [1.165, 1.54) is 12.7 Å². The van der Waals surface area contributed by atoms with Crippen LogP contribution in [0.1, 0.15) is 27.9 Å². The van der Waals surface area contributed by atoms with E-state index < -0.39 is 0 Å². The van der Waals surface area contributed by atoms with Crippen LogP contribution in [0.5, 0.6) is 0 Å². The van der Waals surface area contributed by atoms with Gasteiger partial charge in [-0.2, -0.15) is 0 Å². The van der Waals surface area contributed by atoms with Gasteiger partial charge in [0, 0.05) is 24.3 Å². The minimum atomic E-state index is -0.323. The number of carbonyl (C=O) groups excluding carboxylic acids is 1. The molecule has 0 amide bonds. The fourth-order valence-electron chi connectivity index (χ4n) is 2.13. The first-order valence-electron chi connectivity index (χ1n) is 5.45. The Morgan fingerprint density at radius 2 is 2.38 bits per heavy atom. The zero-order chi connectivity index (χ0) is 11.5. The van der Waals surface area contributed by atoms with Crippen LogP contribution < -0.4 is 11.1 Å². The number of esters is 1. The lowest BCUT2D eigenvalue weighted by Gasteiger charge is -2.22. The molecule has 0 radical (unpaired) electrons. The largest absolute Gasteiger partial charge is 0.465 e. The van der Waals surface area contributed by atoms with Crippen molar-refractivity contribution in [2.45, 2.75) is 19.4 Å². The number of anilines is 1. The smallest absolute Gasteiger partial charge is 0.338 e. The molecule has 16 heavy (non-hydrogen) atoms. The number of nitrogens with two attached hydrogens (primary N) is 1. The lowest BCUT2D eigenvalue weighted by Crippen LogP contribution is -2.18. The van der Waals surface area contributed by atoms with E-state index in [4.69, 9.17) is 10.5 Å². The number of carbonyl (C=O) groups is 1. The fraction of sp³-hybridized carbons (Fsp3) is 0.417. The summed E-state index contributed by atoms with van der Waals surface area (Å²) in [6.45, 7) is 1.28. The molecule has 1 heterocycles. The van der Waals surface area contributed by atoms with Gasteiger partial charge in [-0.15, -0.1) is 0 Å². The third-order valence-corrected chi connectivity index (χ3v) is 2.93. The minimum Gasteiger partial charge on any atom is -0.465 e. The third kappa shape index (κ3) is 1.76. The number of fused-ring (bicyclic) bond motifs is 1. The van der Waals surface area contributed by atoms with Crippen LogP contribution in [0.25, 0.3) is 0 Å². The highest BCUT2D eigenvalue weighted by Crippen LogP contribution is 2.29. The summed E-state index contributed by atoms with van der Waals surface area (Å²) in [6, 6.07) is 3.78. The lowest BCUT2D eigenvalue weighted by molar-refractivity contribution is 0.0599. The average Bonchev–Trinajstić information content (AvgIpc) is 2.36. The van der Waals surface area contributed by atoms with Crippen molar-refractivity contribution < 1.29 is 9.53 Å². The Kier molecular flexibility index (Phi) is 3.10. The second-order valence-electron chi connectivity index (χ2n) is 3.85. The molecule has 86 valence electrons. The SMILES string of the molecule is COC(=O)c1ccc2c(c1CN)NCCC2. The lowest BCUT2D eigenvalue weighted by atomic mass is 9.95. The van der Waals surface area contributed by atoms with Crippen LogP contribution >= 0.6 is 0 Å². The number of rotatable bonds is 2. The van der Waals surface area contributed by atoms with Crippen molar-refractivity contribution in [2.24, 2.45) is 5.73 Å². The number of ether oxygens (including phenoxy) is 1. The predicted molar refractivity (Wildman–Crippen MR) is 62.5 cm³/mol. The van der Waals surface area contributed by atoms with Crippen molar-refractivity contribution in [1.29, 1.82) is 0 Å². The van der Waals surface area contributed by atoms with Crippen molar-refractivity contribution in [1.82, 2.24) is 0 Å². The highest BCUT2D eigenvalue weighted by molar-refractivity contribution is 5.93. The first kappa shape index (κ1) is 11.0. The van der Waals surface area contributed by atoms with Crippen LogP contribution in [0, 0.1) is 0 Å². The Morgan fingerprint density at radius 1 is 1.56 bits per heavy atom. The van der Waals surface area contributed by atoms with Gasteiger partial charge in [0.05, 0.1) is 12.7 Å². The van der Waals surface area contributed by atoms with Gasteiger partial charge in [0.15, 0.2) is 0 Å². The molecule has 3 N–H and O–H groups in total. The van der Waals surface area contributed by atoms with Gasteiger partial charge >= 0.3 is 5.97 Å². The van der Waals surface area contributed by atoms with Crippen molar-refractivity contribution in [3.63, 3.8) is 0 Å². The summed E-state index contributed by atoms with van der Waals surface area (Å²) in [5, 5.41) is 3.31. The summed E-state index contributed by atoms with van der Waals surface area (Å²) in [4.78, 5) is 11.6. The van der Waals surface area contributed by atoms with Gasteiger partial charge in [0.25, 0.3) is 0 Å². The van der Waals surface area contributed by atoms with E-state index in [0.29, 0.717) is 12.1 Å². The molecule has 0 fully saturated rings. The molecule has 1 aromatic rings. The molecule has 0 unspecified atom stereocenters. The van der Waals surface area contributed by atoms with Crippen LogP contribution in [-0.4, -0.2) is 19.6 Å². The van der Waals surface area contributed by atoms with Gasteiger partial charge in [-0.25, -0.2) is 4.79 Å². The molecule has 1 aliphatic heterocycles. The summed E-state index contributed by atoms with van der Waals surface area (Å²) >= 11 is 0. The molecule has 0 saturated heterocycles. The maximum atomic E-state index is 11.6. The quantitative estimate of drug-likeness (QED) is 0.737. The molecule has 1 aliphatic rings. The Bertz CT molecular complexity index is 416. The number of aryl methyl sites for hydroxylation is 1. The summed E-state index contributed by atoms with van der Waals surface area (Å²) in [5.41, 5.74) is 9.41. The molecule has 4 nitrogen and oxygen atoms in total. The van der Waals surface area contributed by atoms with E-state index in [-0.39, 0.29) is 5.97 Å². The van der Waals surface area contributed by atoms with E-state index in [1.807, 2.05) is 6.07 Å². The van der Waals surface area contributed by atoms with Crippen LogP contribution in [-0.2, 0) is 17.7 Å². The standard InChI is InChI=1S/C12H16N2O2/c1-16-12(15)9-5-4-8-3-2-6-14-11(8)10(9)7-13/h4-5,14H,2-3,6-7,13H2,1H3. The number of benzene rings is 1. The zero-order valence-electron chi connectivity index (χ0n) is 9.38. The van der Waals surface area contributed by atoms with Gasteiger partial charge in [0.1, 0.15) is 0 Å². The first-order chi connectivity index (χ1) is 7.77. The maximum Gasteiger partial charge on any atom is 0.338 e. The molecular weight excluding hydrogens is 204 g/mol. The number of nitrogens with one attached hydrogen (secondary N) is 1. The van der Waals surface area contributed by atoms with Crippen LogP contribution in [0.2, 0.25) is 0 Å². The van der Waals surface area contributed by atoms with Crippen molar-refractivity contribution >= 4 is 11.7 Å². The van der Waals surface area contributed by atoms with E-state index >= 15 is 0 Å². The Labute approximate surface area is 94.8 Å². The Hall–Kier alpha value is -1.55. The van der Waals surface area contributed by atoms with Gasteiger partial charge in [-0.1, -0.05) is 6.07 Å². The van der Waals surface area contributed by atoms with Crippen LogP contribution in [0.4, 0.5) is 5.69 Å².